The Morgan fingerprint density at radius 3 is 2.06 bits per heavy atom. The molecule has 5 nitrogen and oxygen atoms in total. The number of hydrogen-bond acceptors (Lipinski definition) is 4. The molecule has 5 heteroatoms. The third kappa shape index (κ3) is 2.03. The summed E-state index contributed by atoms with van der Waals surface area (Å²) in [6.45, 7) is 4.24. The molecule has 0 aliphatic heterocycles. The van der Waals surface area contributed by atoms with E-state index in [9.17, 15) is 14.4 Å². The summed E-state index contributed by atoms with van der Waals surface area (Å²) in [5.74, 6) is -0.558. The average Bonchev–Trinajstić information content (AvgIpc) is 2.23. The van der Waals surface area contributed by atoms with E-state index < -0.39 is 6.16 Å². The van der Waals surface area contributed by atoms with Gasteiger partial charge in [0.05, 0.1) is 0 Å². The van der Waals surface area contributed by atoms with Crippen molar-refractivity contribution in [1.29, 1.82) is 0 Å². The highest BCUT2D eigenvalue weighted by Gasteiger charge is 2.28. The van der Waals surface area contributed by atoms with Crippen LogP contribution in [0.25, 0.3) is 0 Å². The maximum absolute atomic E-state index is 11.8. The number of Topliss-reactive ketones (excluding diaryl/α,β-unsaturated/α-hetero) is 2. The van der Waals surface area contributed by atoms with Gasteiger partial charge in [0.2, 0.25) is 0 Å². The number of carbonyl (C=O) groups is 3. The molecule has 0 fully saturated rings. The smallest absolute Gasteiger partial charge is 0.450 e. The van der Waals surface area contributed by atoms with Gasteiger partial charge in [-0.05, 0) is 20.8 Å². The van der Waals surface area contributed by atoms with Crippen molar-refractivity contribution in [2.45, 2.75) is 20.8 Å². The normalized spacial score (nSPS) is 16.9. The van der Waals surface area contributed by atoms with E-state index in [2.05, 4.69) is 4.74 Å². The van der Waals surface area contributed by atoms with Crippen LogP contribution in [-0.4, -0.2) is 29.4 Å². The van der Waals surface area contributed by atoms with Gasteiger partial charge in [-0.1, -0.05) is 0 Å². The predicted octanol–water partition coefficient (Wildman–Crippen LogP) is 1.49. The SMILES string of the molecule is CC1=C(C)C(=O)C(COC(=O)O)=C(C)C1=O. The Morgan fingerprint density at radius 1 is 1.06 bits per heavy atom. The summed E-state index contributed by atoms with van der Waals surface area (Å²) in [7, 11) is 0. The molecule has 0 saturated heterocycles. The molecule has 86 valence electrons. The van der Waals surface area contributed by atoms with Crippen LogP contribution < -0.4 is 0 Å². The second-order valence-corrected chi connectivity index (χ2v) is 3.57. The lowest BCUT2D eigenvalue weighted by Crippen LogP contribution is -2.24. The van der Waals surface area contributed by atoms with Gasteiger partial charge >= 0.3 is 6.16 Å². The molecule has 0 heterocycles. The van der Waals surface area contributed by atoms with Gasteiger partial charge in [0.15, 0.2) is 11.6 Å². The fourth-order valence-electron chi connectivity index (χ4n) is 1.46. The van der Waals surface area contributed by atoms with Crippen LogP contribution in [0.5, 0.6) is 0 Å². The lowest BCUT2D eigenvalue weighted by Gasteiger charge is -2.17. The largest absolute Gasteiger partial charge is 0.506 e. The second-order valence-electron chi connectivity index (χ2n) is 3.57. The van der Waals surface area contributed by atoms with E-state index in [1.54, 1.807) is 13.8 Å². The van der Waals surface area contributed by atoms with Crippen molar-refractivity contribution < 1.29 is 24.2 Å². The lowest BCUT2D eigenvalue weighted by molar-refractivity contribution is -0.116. The summed E-state index contributed by atoms with van der Waals surface area (Å²) in [6.07, 6.45) is -1.47. The number of rotatable bonds is 2. The van der Waals surface area contributed by atoms with E-state index in [1.807, 2.05) is 0 Å². The Bertz CT molecular complexity index is 439. The third-order valence-electron chi connectivity index (χ3n) is 2.65. The van der Waals surface area contributed by atoms with Gasteiger partial charge < -0.3 is 9.84 Å². The molecule has 0 saturated carbocycles. The van der Waals surface area contributed by atoms with E-state index in [4.69, 9.17) is 5.11 Å². The van der Waals surface area contributed by atoms with Gasteiger partial charge in [-0.25, -0.2) is 4.79 Å². The molecule has 0 bridgehead atoms. The molecule has 0 unspecified atom stereocenters. The fourth-order valence-corrected chi connectivity index (χ4v) is 1.46. The summed E-state index contributed by atoms with van der Waals surface area (Å²) < 4.78 is 4.32. The summed E-state index contributed by atoms with van der Waals surface area (Å²) in [5.41, 5.74) is 1.13. The molecule has 0 spiro atoms. The first-order chi connectivity index (χ1) is 7.36. The van der Waals surface area contributed by atoms with Gasteiger partial charge in [-0.3, -0.25) is 9.59 Å². The van der Waals surface area contributed by atoms with Crippen LogP contribution in [0.1, 0.15) is 20.8 Å². The fraction of sp³-hybridized carbons (Fsp3) is 0.364. The van der Waals surface area contributed by atoms with Crippen LogP contribution in [0.3, 0.4) is 0 Å². The first kappa shape index (κ1) is 12.2. The Balaban J connectivity index is 3.04. The molecule has 0 aromatic carbocycles. The van der Waals surface area contributed by atoms with Crippen molar-refractivity contribution in [3.05, 3.63) is 22.3 Å². The van der Waals surface area contributed by atoms with Crippen molar-refractivity contribution in [3.8, 4) is 0 Å². The first-order valence-corrected chi connectivity index (χ1v) is 4.68. The molecule has 0 atom stereocenters. The molecule has 0 aromatic rings. The van der Waals surface area contributed by atoms with Gasteiger partial charge in [-0.2, -0.15) is 0 Å². The summed E-state index contributed by atoms with van der Waals surface area (Å²) in [5, 5.41) is 8.35. The molecule has 0 aromatic heterocycles. The highest BCUT2D eigenvalue weighted by Crippen LogP contribution is 2.24. The van der Waals surface area contributed by atoms with Gasteiger partial charge in [0, 0.05) is 22.3 Å². The second kappa shape index (κ2) is 4.30. The molecule has 0 amide bonds. The highest BCUT2D eigenvalue weighted by molar-refractivity contribution is 6.24. The van der Waals surface area contributed by atoms with Crippen LogP contribution in [0, 0.1) is 0 Å². The number of ether oxygens (including phenoxy) is 1. The van der Waals surface area contributed by atoms with E-state index in [0.717, 1.165) is 0 Å². The molecule has 1 aliphatic rings. The Labute approximate surface area is 92.4 Å². The van der Waals surface area contributed by atoms with E-state index in [-0.39, 0.29) is 29.3 Å². The van der Waals surface area contributed by atoms with Gasteiger partial charge in [-0.15, -0.1) is 0 Å². The number of allylic oxidation sites excluding steroid dienone is 3. The molecule has 1 aliphatic carbocycles. The van der Waals surface area contributed by atoms with Crippen molar-refractivity contribution >= 4 is 17.7 Å². The van der Waals surface area contributed by atoms with Crippen molar-refractivity contribution in [1.82, 2.24) is 0 Å². The Morgan fingerprint density at radius 2 is 1.56 bits per heavy atom. The van der Waals surface area contributed by atoms with Gasteiger partial charge in [0.1, 0.15) is 6.61 Å². The van der Waals surface area contributed by atoms with Crippen molar-refractivity contribution in [2.75, 3.05) is 6.61 Å². The van der Waals surface area contributed by atoms with E-state index in [0.29, 0.717) is 11.1 Å². The topological polar surface area (TPSA) is 80.7 Å². The average molecular weight is 224 g/mol. The number of ketones is 2. The zero-order valence-corrected chi connectivity index (χ0v) is 9.29. The lowest BCUT2D eigenvalue weighted by atomic mass is 9.86. The summed E-state index contributed by atoms with van der Waals surface area (Å²) in [6, 6.07) is 0. The summed E-state index contributed by atoms with van der Waals surface area (Å²) >= 11 is 0. The van der Waals surface area contributed by atoms with Gasteiger partial charge in [0.25, 0.3) is 0 Å². The highest BCUT2D eigenvalue weighted by atomic mass is 16.7. The molecule has 0 radical (unpaired) electrons. The minimum Gasteiger partial charge on any atom is -0.450 e. The number of carboxylic acid groups (broad SMARTS) is 1. The number of hydrogen-bond donors (Lipinski definition) is 1. The molecule has 1 rings (SSSR count). The van der Waals surface area contributed by atoms with Crippen LogP contribution in [0.15, 0.2) is 22.3 Å². The standard InChI is InChI=1S/C11H12O5/c1-5-6(2)10(13)8(4-16-11(14)15)7(3)9(5)12/h4H2,1-3H3,(H,14,15). The zero-order chi connectivity index (χ0) is 12.5. The minimum absolute atomic E-state index is 0.121. The van der Waals surface area contributed by atoms with Crippen LogP contribution in [-0.2, 0) is 14.3 Å². The Kier molecular flexibility index (Phi) is 3.27. The van der Waals surface area contributed by atoms with Crippen LogP contribution in [0.2, 0.25) is 0 Å². The van der Waals surface area contributed by atoms with Crippen LogP contribution in [0.4, 0.5) is 4.79 Å². The summed E-state index contributed by atoms with van der Waals surface area (Å²) in [4.78, 5) is 33.7. The number of carbonyl (C=O) groups excluding carboxylic acids is 2. The maximum Gasteiger partial charge on any atom is 0.506 e. The molecule has 16 heavy (non-hydrogen) atoms. The predicted molar refractivity (Wildman–Crippen MR) is 55.1 cm³/mol. The molecule has 1 N–H and O–H groups in total. The van der Waals surface area contributed by atoms with Crippen LogP contribution >= 0.6 is 0 Å². The van der Waals surface area contributed by atoms with Crippen molar-refractivity contribution in [3.63, 3.8) is 0 Å². The monoisotopic (exact) mass is 224 g/mol. The Hall–Kier alpha value is -1.91. The quantitative estimate of drug-likeness (QED) is 0.567. The minimum atomic E-state index is -1.47. The van der Waals surface area contributed by atoms with Crippen molar-refractivity contribution in [2.24, 2.45) is 0 Å². The molecular weight excluding hydrogens is 212 g/mol. The third-order valence-corrected chi connectivity index (χ3v) is 2.65. The van der Waals surface area contributed by atoms with E-state index in [1.165, 1.54) is 6.92 Å². The zero-order valence-electron chi connectivity index (χ0n) is 9.29. The first-order valence-electron chi connectivity index (χ1n) is 4.68. The maximum atomic E-state index is 11.8. The molecular formula is C11H12O5. The van der Waals surface area contributed by atoms with E-state index >= 15 is 0 Å².